The molecule has 0 N–H and O–H groups in total. The molecule has 4 aliphatic rings. The second kappa shape index (κ2) is 8.62. The van der Waals surface area contributed by atoms with E-state index in [2.05, 4.69) is 12.2 Å². The van der Waals surface area contributed by atoms with E-state index >= 15 is 0 Å². The molecule has 1 saturated carbocycles. The monoisotopic (exact) mass is 486 g/mol. The Morgan fingerprint density at radius 2 is 1.69 bits per heavy atom. The molecule has 36 heavy (non-hydrogen) atoms. The highest BCUT2D eigenvalue weighted by molar-refractivity contribution is 6.22. The van der Waals surface area contributed by atoms with Gasteiger partial charge in [-0.2, -0.15) is 0 Å². The van der Waals surface area contributed by atoms with Gasteiger partial charge in [0.2, 0.25) is 17.7 Å². The van der Waals surface area contributed by atoms with Crippen LogP contribution >= 0.6 is 0 Å². The molecule has 3 fully saturated rings. The highest BCUT2D eigenvalue weighted by atomic mass is 16.5. The fraction of sp³-hybridized carbons (Fsp3) is 0.357. The van der Waals surface area contributed by atoms with E-state index in [-0.39, 0.29) is 60.1 Å². The number of hydrogen-bond acceptors (Lipinski definition) is 6. The molecule has 8 heteroatoms. The van der Waals surface area contributed by atoms with Crippen LogP contribution < -0.4 is 19.3 Å². The topological polar surface area (TPSA) is 93.2 Å². The lowest BCUT2D eigenvalue weighted by Crippen LogP contribution is -2.32. The van der Waals surface area contributed by atoms with E-state index in [0.29, 0.717) is 23.7 Å². The molecule has 184 valence electrons. The van der Waals surface area contributed by atoms with Gasteiger partial charge in [0, 0.05) is 19.0 Å². The van der Waals surface area contributed by atoms with E-state index in [1.54, 1.807) is 41.3 Å². The number of imide groups is 1. The van der Waals surface area contributed by atoms with Gasteiger partial charge >= 0.3 is 5.97 Å². The Hall–Kier alpha value is -3.94. The first-order valence-electron chi connectivity index (χ1n) is 12.4. The van der Waals surface area contributed by atoms with Crippen molar-refractivity contribution in [3.8, 4) is 11.5 Å². The van der Waals surface area contributed by atoms with Crippen molar-refractivity contribution in [3.63, 3.8) is 0 Å². The van der Waals surface area contributed by atoms with Crippen molar-refractivity contribution >= 4 is 35.1 Å². The molecule has 2 aromatic rings. The third kappa shape index (κ3) is 3.51. The normalized spacial score (nSPS) is 28.2. The van der Waals surface area contributed by atoms with E-state index in [4.69, 9.17) is 9.47 Å². The number of fused-ring (bicyclic) bond motifs is 5. The van der Waals surface area contributed by atoms with E-state index in [1.807, 2.05) is 19.1 Å². The van der Waals surface area contributed by atoms with Crippen LogP contribution in [-0.2, 0) is 19.2 Å². The van der Waals surface area contributed by atoms with Gasteiger partial charge in [0.05, 0.1) is 35.7 Å². The number of anilines is 2. The third-order valence-corrected chi connectivity index (χ3v) is 7.68. The summed E-state index contributed by atoms with van der Waals surface area (Å²) < 4.78 is 11.3. The van der Waals surface area contributed by atoms with Gasteiger partial charge in [0.15, 0.2) is 0 Å². The molecule has 2 heterocycles. The number of amides is 3. The van der Waals surface area contributed by atoms with E-state index in [0.717, 1.165) is 6.42 Å². The Bertz CT molecular complexity index is 1270. The summed E-state index contributed by atoms with van der Waals surface area (Å²) in [5.41, 5.74) is 1.03. The molecule has 2 bridgehead atoms. The molecular weight excluding hydrogens is 460 g/mol. The maximum atomic E-state index is 13.1. The minimum absolute atomic E-state index is 0.0290. The number of rotatable bonds is 6. The lowest BCUT2D eigenvalue weighted by Gasteiger charge is -2.20. The highest BCUT2D eigenvalue weighted by Crippen LogP contribution is 2.53. The van der Waals surface area contributed by atoms with Gasteiger partial charge in [-0.1, -0.05) is 30.4 Å². The van der Waals surface area contributed by atoms with Crippen molar-refractivity contribution in [2.75, 3.05) is 23.0 Å². The van der Waals surface area contributed by atoms with Gasteiger partial charge in [0.1, 0.15) is 11.5 Å². The Morgan fingerprint density at radius 1 is 0.972 bits per heavy atom. The number of benzene rings is 2. The molecule has 5 atom stereocenters. The predicted molar refractivity (Wildman–Crippen MR) is 130 cm³/mol. The largest absolute Gasteiger partial charge is 0.492 e. The zero-order chi connectivity index (χ0) is 25.0. The molecule has 2 aromatic carbocycles. The molecule has 2 saturated heterocycles. The van der Waals surface area contributed by atoms with Crippen molar-refractivity contribution < 1.29 is 28.7 Å². The fourth-order valence-corrected chi connectivity index (χ4v) is 6.10. The second-order valence-corrected chi connectivity index (χ2v) is 9.74. The van der Waals surface area contributed by atoms with Crippen LogP contribution in [0.3, 0.4) is 0 Å². The lowest BCUT2D eigenvalue weighted by atomic mass is 9.85. The minimum atomic E-state index is -0.646. The van der Waals surface area contributed by atoms with Crippen LogP contribution in [0.1, 0.15) is 19.8 Å². The number of para-hydroxylation sites is 2. The molecule has 6 rings (SSSR count). The van der Waals surface area contributed by atoms with Crippen molar-refractivity contribution in [3.05, 3.63) is 60.7 Å². The molecule has 3 amide bonds. The Kier molecular flexibility index (Phi) is 5.39. The number of esters is 1. The van der Waals surface area contributed by atoms with E-state index in [1.165, 1.54) is 4.90 Å². The van der Waals surface area contributed by atoms with E-state index in [9.17, 15) is 19.2 Å². The lowest BCUT2D eigenvalue weighted by molar-refractivity contribution is -0.139. The van der Waals surface area contributed by atoms with Crippen LogP contribution in [-0.4, -0.2) is 36.8 Å². The van der Waals surface area contributed by atoms with Gasteiger partial charge in [-0.3, -0.25) is 19.2 Å². The first kappa shape index (κ1) is 22.5. The minimum Gasteiger partial charge on any atom is -0.492 e. The van der Waals surface area contributed by atoms with Gasteiger partial charge < -0.3 is 14.4 Å². The third-order valence-electron chi connectivity index (χ3n) is 7.68. The molecule has 2 aliphatic carbocycles. The zero-order valence-electron chi connectivity index (χ0n) is 19.8. The summed E-state index contributed by atoms with van der Waals surface area (Å²) >= 11 is 0. The molecule has 0 aromatic heterocycles. The number of hydrogen-bond donors (Lipinski definition) is 0. The van der Waals surface area contributed by atoms with Crippen LogP contribution in [0, 0.1) is 29.6 Å². The van der Waals surface area contributed by atoms with Crippen molar-refractivity contribution in [1.29, 1.82) is 0 Å². The number of carbonyl (C=O) groups excluding carboxylic acids is 4. The number of nitrogens with zero attached hydrogens (tertiary/aromatic N) is 2. The number of carbonyl (C=O) groups is 4. The van der Waals surface area contributed by atoms with Gasteiger partial charge in [0.25, 0.3) is 0 Å². The quantitative estimate of drug-likeness (QED) is 0.269. The standard InChI is InChI=1S/C28H26N2O6/c1-2-35-22-9-4-3-8-21(22)29-15-18(13-23(29)31)28(34)36-20-7-5-6-19(14-20)30-26(32)24-16-10-11-17(12-16)25(24)27(30)33/h3-11,14,16-18,24-25H,2,12-13,15H2,1H3/t16-,17-,18+,24+,25+/m0/s1. The first-order valence-corrected chi connectivity index (χ1v) is 12.4. The average Bonchev–Trinajstić information content (AvgIpc) is 3.63. The summed E-state index contributed by atoms with van der Waals surface area (Å²) in [7, 11) is 0. The number of allylic oxidation sites excluding steroid dienone is 2. The molecule has 0 radical (unpaired) electrons. The average molecular weight is 487 g/mol. The van der Waals surface area contributed by atoms with Crippen molar-refractivity contribution in [2.45, 2.75) is 19.8 Å². The Labute approximate surface area is 208 Å². The van der Waals surface area contributed by atoms with Crippen LogP contribution in [0.15, 0.2) is 60.7 Å². The summed E-state index contributed by atoms with van der Waals surface area (Å²) in [5, 5.41) is 0. The van der Waals surface area contributed by atoms with Crippen LogP contribution in [0.2, 0.25) is 0 Å². The van der Waals surface area contributed by atoms with Gasteiger partial charge in [-0.05, 0) is 49.4 Å². The maximum Gasteiger partial charge on any atom is 0.316 e. The van der Waals surface area contributed by atoms with Crippen molar-refractivity contribution in [2.24, 2.45) is 29.6 Å². The molecule has 2 aliphatic heterocycles. The first-order chi connectivity index (χ1) is 17.5. The number of ether oxygens (including phenoxy) is 2. The van der Waals surface area contributed by atoms with Crippen LogP contribution in [0.25, 0.3) is 0 Å². The predicted octanol–water partition coefficient (Wildman–Crippen LogP) is 3.36. The van der Waals surface area contributed by atoms with Crippen molar-refractivity contribution in [1.82, 2.24) is 0 Å². The van der Waals surface area contributed by atoms with Gasteiger partial charge in [-0.25, -0.2) is 4.90 Å². The Morgan fingerprint density at radius 3 is 2.42 bits per heavy atom. The zero-order valence-corrected chi connectivity index (χ0v) is 19.8. The molecule has 0 spiro atoms. The summed E-state index contributed by atoms with van der Waals surface area (Å²) in [6, 6.07) is 13.7. The summed E-state index contributed by atoms with van der Waals surface area (Å²) in [4.78, 5) is 54.7. The highest BCUT2D eigenvalue weighted by Gasteiger charge is 2.59. The molecule has 0 unspecified atom stereocenters. The second-order valence-electron chi connectivity index (χ2n) is 9.74. The summed E-state index contributed by atoms with van der Waals surface area (Å²) in [6.45, 7) is 2.51. The maximum absolute atomic E-state index is 13.1. The van der Waals surface area contributed by atoms with E-state index < -0.39 is 11.9 Å². The molecule has 8 nitrogen and oxygen atoms in total. The van der Waals surface area contributed by atoms with Gasteiger partial charge in [-0.15, -0.1) is 0 Å². The van der Waals surface area contributed by atoms with Crippen LogP contribution in [0.4, 0.5) is 11.4 Å². The smallest absolute Gasteiger partial charge is 0.316 e. The SMILES string of the molecule is CCOc1ccccc1N1C[C@H](C(=O)Oc2cccc(N3C(=O)[C@H]4[C@H](C3=O)[C@H]3C=C[C@H]4C3)c2)CC1=O. The fourth-order valence-electron chi connectivity index (χ4n) is 6.10. The van der Waals surface area contributed by atoms with Crippen LogP contribution in [0.5, 0.6) is 11.5 Å². The molecular formula is C28H26N2O6. The Balaban J connectivity index is 1.16. The summed E-state index contributed by atoms with van der Waals surface area (Å²) in [6.07, 6.45) is 5.00. The summed E-state index contributed by atoms with van der Waals surface area (Å²) in [5.74, 6) is -1.26.